The van der Waals surface area contributed by atoms with E-state index < -0.39 is 17.6 Å². The molecule has 0 aliphatic heterocycles. The van der Waals surface area contributed by atoms with E-state index in [4.69, 9.17) is 8.83 Å². The lowest BCUT2D eigenvalue weighted by atomic mass is 9.94. The van der Waals surface area contributed by atoms with E-state index in [1.807, 2.05) is 64.1 Å². The third kappa shape index (κ3) is 6.81. The summed E-state index contributed by atoms with van der Waals surface area (Å²) in [6.45, 7) is 7.64. The van der Waals surface area contributed by atoms with Crippen LogP contribution in [0.1, 0.15) is 65.6 Å². The summed E-state index contributed by atoms with van der Waals surface area (Å²) in [5.74, 6) is -1.04. The molecule has 2 heterocycles. The first-order valence-electron chi connectivity index (χ1n) is 14.6. The minimum Gasteiger partial charge on any atom is -0.478 e. The summed E-state index contributed by atoms with van der Waals surface area (Å²) in [7, 11) is 0. The molecule has 8 heteroatoms. The van der Waals surface area contributed by atoms with Gasteiger partial charge in [-0.2, -0.15) is 0 Å². The third-order valence-corrected chi connectivity index (χ3v) is 7.81. The van der Waals surface area contributed by atoms with E-state index >= 15 is 0 Å². The standard InChI is InChI=1S/C21H20O4.C17H12O4/c1-11-5-13(3)16(18(7-11)20(22)23)9-15-10-17-14(4)6-12(2)8-19(17)21(24)25-15;18-16(19)14-7-3-1-5-11(14)9-13-10-12-6-2-4-8-15(12)17(20)21-13/h5-8,10H,9H2,1-4H3,(H,22,23);1-8,10H,9H2,(H,18,19). The van der Waals surface area contributed by atoms with Crippen molar-refractivity contribution in [1.29, 1.82) is 0 Å². The van der Waals surface area contributed by atoms with Crippen LogP contribution in [-0.2, 0) is 12.8 Å². The topological polar surface area (TPSA) is 135 Å². The van der Waals surface area contributed by atoms with Crippen LogP contribution >= 0.6 is 0 Å². The average molecular weight is 617 g/mol. The smallest absolute Gasteiger partial charge is 0.343 e. The normalized spacial score (nSPS) is 10.9. The molecule has 0 saturated carbocycles. The van der Waals surface area contributed by atoms with E-state index in [-0.39, 0.29) is 29.6 Å². The molecule has 0 radical (unpaired) electrons. The first-order valence-corrected chi connectivity index (χ1v) is 14.6. The summed E-state index contributed by atoms with van der Waals surface area (Å²) in [4.78, 5) is 47.1. The molecule has 0 fully saturated rings. The van der Waals surface area contributed by atoms with Crippen molar-refractivity contribution >= 4 is 33.5 Å². The van der Waals surface area contributed by atoms with E-state index in [0.29, 0.717) is 33.4 Å². The summed E-state index contributed by atoms with van der Waals surface area (Å²) in [6, 6.07) is 24.9. The number of fused-ring (bicyclic) bond motifs is 2. The van der Waals surface area contributed by atoms with E-state index in [9.17, 15) is 29.4 Å². The quantitative estimate of drug-likeness (QED) is 0.198. The number of aromatic carboxylic acids is 2. The molecule has 2 aromatic heterocycles. The Morgan fingerprint density at radius 1 is 0.587 bits per heavy atom. The SMILES string of the molecule is Cc1cc(C)c(Cc2cc3c(C)cc(C)cc3c(=O)o2)c(C(=O)O)c1.O=C(O)c1ccccc1Cc1cc2ccccc2c(=O)o1. The molecule has 0 saturated heterocycles. The molecule has 0 atom stereocenters. The number of carbonyl (C=O) groups is 2. The predicted molar refractivity (Wildman–Crippen MR) is 176 cm³/mol. The van der Waals surface area contributed by atoms with E-state index in [1.165, 1.54) is 6.07 Å². The zero-order valence-electron chi connectivity index (χ0n) is 25.8. The van der Waals surface area contributed by atoms with Crippen LogP contribution in [0.15, 0.2) is 103 Å². The molecule has 0 bridgehead atoms. The van der Waals surface area contributed by atoms with Crippen LogP contribution in [0.25, 0.3) is 21.5 Å². The lowest BCUT2D eigenvalue weighted by Crippen LogP contribution is -2.09. The van der Waals surface area contributed by atoms with Crippen molar-refractivity contribution in [2.75, 3.05) is 0 Å². The second-order valence-electron chi connectivity index (χ2n) is 11.4. The van der Waals surface area contributed by atoms with Crippen molar-refractivity contribution in [1.82, 2.24) is 0 Å². The largest absolute Gasteiger partial charge is 0.478 e. The Morgan fingerprint density at radius 3 is 1.89 bits per heavy atom. The van der Waals surface area contributed by atoms with Crippen LogP contribution < -0.4 is 11.3 Å². The van der Waals surface area contributed by atoms with Crippen molar-refractivity contribution in [2.45, 2.75) is 40.5 Å². The van der Waals surface area contributed by atoms with Crippen LogP contribution in [0.3, 0.4) is 0 Å². The molecule has 0 aliphatic carbocycles. The van der Waals surface area contributed by atoms with Crippen LogP contribution in [-0.4, -0.2) is 22.2 Å². The predicted octanol–water partition coefficient (Wildman–Crippen LogP) is 7.40. The molecule has 6 rings (SSSR count). The van der Waals surface area contributed by atoms with Gasteiger partial charge < -0.3 is 19.0 Å². The molecule has 8 nitrogen and oxygen atoms in total. The van der Waals surface area contributed by atoms with Crippen molar-refractivity contribution in [3.05, 3.63) is 162 Å². The van der Waals surface area contributed by atoms with Crippen molar-refractivity contribution in [3.8, 4) is 0 Å². The highest BCUT2D eigenvalue weighted by atomic mass is 16.4. The Hall–Kier alpha value is -5.76. The fourth-order valence-electron chi connectivity index (χ4n) is 5.73. The molecule has 2 N–H and O–H groups in total. The molecule has 232 valence electrons. The van der Waals surface area contributed by atoms with Gasteiger partial charge in [0.1, 0.15) is 11.5 Å². The molecule has 4 aromatic carbocycles. The Kier molecular flexibility index (Phi) is 9.00. The summed E-state index contributed by atoms with van der Waals surface area (Å²) in [5.41, 5.74) is 4.74. The fraction of sp³-hybridized carbons (Fsp3) is 0.158. The van der Waals surface area contributed by atoms with Gasteiger partial charge in [0.25, 0.3) is 0 Å². The number of aryl methyl sites for hydroxylation is 4. The van der Waals surface area contributed by atoms with Gasteiger partial charge in [-0.1, -0.05) is 48.5 Å². The number of hydrogen-bond donors (Lipinski definition) is 2. The Labute approximate surface area is 264 Å². The molecular formula is C38H32O8. The van der Waals surface area contributed by atoms with Gasteiger partial charge in [-0.05, 0) is 108 Å². The number of benzene rings is 4. The first kappa shape index (κ1) is 31.7. The van der Waals surface area contributed by atoms with Gasteiger partial charge >= 0.3 is 23.2 Å². The number of carboxylic acid groups (broad SMARTS) is 2. The maximum atomic E-state index is 12.4. The molecule has 0 amide bonds. The van der Waals surface area contributed by atoms with Gasteiger partial charge in [0.2, 0.25) is 0 Å². The monoisotopic (exact) mass is 616 g/mol. The van der Waals surface area contributed by atoms with Gasteiger partial charge in [0, 0.05) is 12.8 Å². The fourth-order valence-corrected chi connectivity index (χ4v) is 5.73. The lowest BCUT2D eigenvalue weighted by molar-refractivity contribution is 0.0684. The lowest BCUT2D eigenvalue weighted by Gasteiger charge is -2.12. The average Bonchev–Trinajstić information content (AvgIpc) is 2.99. The second-order valence-corrected chi connectivity index (χ2v) is 11.4. The minimum absolute atomic E-state index is 0.216. The van der Waals surface area contributed by atoms with E-state index in [2.05, 4.69) is 0 Å². The van der Waals surface area contributed by atoms with Gasteiger partial charge in [-0.25, -0.2) is 19.2 Å². The molecule has 6 aromatic rings. The number of hydrogen-bond acceptors (Lipinski definition) is 6. The van der Waals surface area contributed by atoms with Crippen LogP contribution in [0.4, 0.5) is 0 Å². The minimum atomic E-state index is -0.992. The Balaban J connectivity index is 0.000000184. The van der Waals surface area contributed by atoms with E-state index in [0.717, 1.165) is 33.0 Å². The summed E-state index contributed by atoms with van der Waals surface area (Å²) in [5, 5.41) is 21.4. The molecular weight excluding hydrogens is 584 g/mol. The van der Waals surface area contributed by atoms with E-state index in [1.54, 1.807) is 42.5 Å². The highest BCUT2D eigenvalue weighted by Crippen LogP contribution is 2.24. The molecule has 0 unspecified atom stereocenters. The maximum Gasteiger partial charge on any atom is 0.343 e. The van der Waals surface area contributed by atoms with Crippen LogP contribution in [0, 0.1) is 27.7 Å². The second kappa shape index (κ2) is 13.1. The third-order valence-electron chi connectivity index (χ3n) is 7.81. The van der Waals surface area contributed by atoms with Gasteiger partial charge in [0.15, 0.2) is 0 Å². The summed E-state index contributed by atoms with van der Waals surface area (Å²) in [6.07, 6.45) is 0.536. The Morgan fingerprint density at radius 2 is 1.17 bits per heavy atom. The van der Waals surface area contributed by atoms with Crippen molar-refractivity contribution < 1.29 is 28.6 Å². The number of carboxylic acids is 2. The summed E-state index contributed by atoms with van der Waals surface area (Å²) < 4.78 is 10.8. The zero-order chi connectivity index (χ0) is 33.1. The molecule has 46 heavy (non-hydrogen) atoms. The summed E-state index contributed by atoms with van der Waals surface area (Å²) >= 11 is 0. The van der Waals surface area contributed by atoms with Crippen LogP contribution in [0.2, 0.25) is 0 Å². The number of rotatable bonds is 6. The Bertz CT molecular complexity index is 2260. The van der Waals surface area contributed by atoms with Gasteiger partial charge in [-0.3, -0.25) is 0 Å². The van der Waals surface area contributed by atoms with Crippen LogP contribution in [0.5, 0.6) is 0 Å². The van der Waals surface area contributed by atoms with Crippen molar-refractivity contribution in [3.63, 3.8) is 0 Å². The van der Waals surface area contributed by atoms with Gasteiger partial charge in [-0.15, -0.1) is 0 Å². The highest BCUT2D eigenvalue weighted by molar-refractivity contribution is 5.91. The molecule has 0 spiro atoms. The highest BCUT2D eigenvalue weighted by Gasteiger charge is 2.17. The van der Waals surface area contributed by atoms with Gasteiger partial charge in [0.05, 0.1) is 21.9 Å². The maximum absolute atomic E-state index is 12.4. The zero-order valence-corrected chi connectivity index (χ0v) is 25.8. The first-order chi connectivity index (χ1) is 21.9. The molecule has 0 aliphatic rings. The van der Waals surface area contributed by atoms with Crippen molar-refractivity contribution in [2.24, 2.45) is 0 Å².